The van der Waals surface area contributed by atoms with Gasteiger partial charge in [0, 0.05) is 21.6 Å². The Labute approximate surface area is 205 Å². The Morgan fingerprint density at radius 3 is 2.62 bits per heavy atom. The first-order chi connectivity index (χ1) is 16.4. The minimum Gasteiger partial charge on any atom is -0.483 e. The number of hydrogen-bond donors (Lipinski definition) is 1. The van der Waals surface area contributed by atoms with Crippen molar-refractivity contribution in [1.82, 2.24) is 9.66 Å². The number of nitrogens with one attached hydrogen (secondary N) is 1. The van der Waals surface area contributed by atoms with Crippen molar-refractivity contribution in [2.75, 3.05) is 11.9 Å². The summed E-state index contributed by atoms with van der Waals surface area (Å²) in [5.41, 5.74) is 1.69. The quantitative estimate of drug-likeness (QED) is 0.341. The van der Waals surface area contributed by atoms with Crippen LogP contribution < -0.4 is 15.6 Å². The molecule has 1 N–H and O–H groups in total. The molecular formula is C26H23BrN4O3. The Morgan fingerprint density at radius 1 is 1.12 bits per heavy atom. The summed E-state index contributed by atoms with van der Waals surface area (Å²) in [5, 5.41) is 7.71. The third-order valence-electron chi connectivity index (χ3n) is 5.00. The number of hydrogen-bond acceptors (Lipinski definition) is 5. The number of fused-ring (bicyclic) bond motifs is 1. The summed E-state index contributed by atoms with van der Waals surface area (Å²) in [4.78, 5) is 30.1. The average molecular weight is 519 g/mol. The van der Waals surface area contributed by atoms with Crippen LogP contribution in [0.4, 0.5) is 5.69 Å². The molecule has 8 heteroatoms. The van der Waals surface area contributed by atoms with Crippen molar-refractivity contribution in [3.63, 3.8) is 0 Å². The molecule has 7 nitrogen and oxygen atoms in total. The third-order valence-corrected chi connectivity index (χ3v) is 5.49. The number of anilines is 1. The lowest BCUT2D eigenvalue weighted by Gasteiger charge is -2.12. The molecule has 0 spiro atoms. The van der Waals surface area contributed by atoms with Crippen LogP contribution in [0.25, 0.3) is 10.9 Å². The van der Waals surface area contributed by atoms with Gasteiger partial charge in [-0.25, -0.2) is 4.98 Å². The zero-order valence-corrected chi connectivity index (χ0v) is 20.3. The number of rotatable bonds is 7. The van der Waals surface area contributed by atoms with E-state index in [2.05, 4.69) is 31.3 Å². The lowest BCUT2D eigenvalue weighted by Crippen LogP contribution is -2.23. The van der Waals surface area contributed by atoms with E-state index in [1.165, 1.54) is 4.68 Å². The second-order valence-corrected chi connectivity index (χ2v) is 8.80. The molecule has 0 unspecified atom stereocenters. The molecule has 0 fully saturated rings. The van der Waals surface area contributed by atoms with Crippen molar-refractivity contribution in [3.8, 4) is 5.75 Å². The van der Waals surface area contributed by atoms with Crippen LogP contribution in [0.5, 0.6) is 5.75 Å². The molecule has 0 saturated carbocycles. The van der Waals surface area contributed by atoms with Gasteiger partial charge in [-0.3, -0.25) is 9.59 Å². The van der Waals surface area contributed by atoms with E-state index in [1.807, 2.05) is 56.3 Å². The van der Waals surface area contributed by atoms with Gasteiger partial charge in [-0.1, -0.05) is 60.1 Å². The fourth-order valence-corrected chi connectivity index (χ4v) is 3.71. The van der Waals surface area contributed by atoms with Crippen LogP contribution in [0.1, 0.15) is 31.2 Å². The summed E-state index contributed by atoms with van der Waals surface area (Å²) in [6.45, 7) is 3.75. The van der Waals surface area contributed by atoms with Crippen LogP contribution in [0, 0.1) is 0 Å². The second-order valence-electron chi connectivity index (χ2n) is 7.89. The van der Waals surface area contributed by atoms with Gasteiger partial charge in [-0.15, -0.1) is 0 Å². The molecule has 1 aromatic heterocycles. The second kappa shape index (κ2) is 10.4. The van der Waals surface area contributed by atoms with Gasteiger partial charge >= 0.3 is 0 Å². The zero-order valence-electron chi connectivity index (χ0n) is 18.7. The van der Waals surface area contributed by atoms with E-state index < -0.39 is 0 Å². The Bertz CT molecular complexity index is 1410. The molecule has 1 amide bonds. The lowest BCUT2D eigenvalue weighted by molar-refractivity contribution is -0.118. The molecule has 0 aliphatic heterocycles. The van der Waals surface area contributed by atoms with E-state index in [1.54, 1.807) is 36.5 Å². The van der Waals surface area contributed by atoms with Gasteiger partial charge in [0.1, 0.15) is 11.6 Å². The van der Waals surface area contributed by atoms with E-state index in [0.29, 0.717) is 33.7 Å². The molecule has 0 aliphatic carbocycles. The summed E-state index contributed by atoms with van der Waals surface area (Å²) in [5.74, 6) is 0.730. The number of nitrogens with zero attached hydrogens (tertiary/aromatic N) is 3. The van der Waals surface area contributed by atoms with Crippen LogP contribution in [0.15, 0.2) is 87.2 Å². The normalized spacial score (nSPS) is 11.3. The predicted molar refractivity (Wildman–Crippen MR) is 138 cm³/mol. The predicted octanol–water partition coefficient (Wildman–Crippen LogP) is 5.18. The maximum atomic E-state index is 13.2. The molecule has 0 aliphatic rings. The van der Waals surface area contributed by atoms with Crippen molar-refractivity contribution in [3.05, 3.63) is 99.0 Å². The highest BCUT2D eigenvalue weighted by Gasteiger charge is 2.14. The number of carbonyl (C=O) groups is 1. The molecule has 3 aromatic carbocycles. The molecule has 0 radical (unpaired) electrons. The number of ether oxygens (including phenoxy) is 1. The Balaban J connectivity index is 1.60. The first-order valence-corrected chi connectivity index (χ1v) is 11.5. The van der Waals surface area contributed by atoms with Crippen LogP contribution in [0.2, 0.25) is 0 Å². The van der Waals surface area contributed by atoms with Crippen molar-refractivity contribution in [2.45, 2.75) is 19.8 Å². The topological polar surface area (TPSA) is 85.6 Å². The Kier molecular flexibility index (Phi) is 7.18. The standard InChI is InChI=1S/C26H23BrN4O3/c1-17(2)25-30-22-13-12-19(27)14-21(22)26(33)31(25)28-15-18-8-6-7-11-23(18)34-16-24(32)29-20-9-4-3-5-10-20/h3-15,17H,16H2,1-2H3,(H,29,32). The average Bonchev–Trinajstić information content (AvgIpc) is 2.83. The number of amides is 1. The molecule has 1 heterocycles. The molecule has 4 rings (SSSR count). The van der Waals surface area contributed by atoms with Gasteiger partial charge < -0.3 is 10.1 Å². The monoisotopic (exact) mass is 518 g/mol. The van der Waals surface area contributed by atoms with Crippen LogP contribution in [-0.4, -0.2) is 28.4 Å². The summed E-state index contributed by atoms with van der Waals surface area (Å²) >= 11 is 3.41. The molecule has 4 aromatic rings. The number of halogens is 1. The molecule has 0 atom stereocenters. The smallest absolute Gasteiger partial charge is 0.282 e. The summed E-state index contributed by atoms with van der Waals surface area (Å²) < 4.78 is 7.85. The largest absolute Gasteiger partial charge is 0.483 e. The van der Waals surface area contributed by atoms with Crippen LogP contribution >= 0.6 is 15.9 Å². The minimum atomic E-state index is -0.277. The zero-order chi connectivity index (χ0) is 24.1. The van der Waals surface area contributed by atoms with Gasteiger partial charge in [-0.05, 0) is 42.5 Å². The van der Waals surface area contributed by atoms with Gasteiger partial charge in [-0.2, -0.15) is 9.78 Å². The van der Waals surface area contributed by atoms with Crippen molar-refractivity contribution < 1.29 is 9.53 Å². The van der Waals surface area contributed by atoms with Crippen LogP contribution in [-0.2, 0) is 4.79 Å². The summed E-state index contributed by atoms with van der Waals surface area (Å²) in [6, 6.07) is 21.8. The highest BCUT2D eigenvalue weighted by molar-refractivity contribution is 9.10. The van der Waals surface area contributed by atoms with E-state index in [4.69, 9.17) is 4.74 Å². The first-order valence-electron chi connectivity index (χ1n) is 10.8. The van der Waals surface area contributed by atoms with Gasteiger partial charge in [0.05, 0.1) is 17.1 Å². The highest BCUT2D eigenvalue weighted by Crippen LogP contribution is 2.20. The maximum absolute atomic E-state index is 13.2. The summed E-state index contributed by atoms with van der Waals surface area (Å²) in [7, 11) is 0. The van der Waals surface area contributed by atoms with E-state index in [0.717, 1.165) is 4.47 Å². The lowest BCUT2D eigenvalue weighted by atomic mass is 10.2. The number of carbonyl (C=O) groups excluding carboxylic acids is 1. The molecule has 34 heavy (non-hydrogen) atoms. The molecular weight excluding hydrogens is 496 g/mol. The first kappa shape index (κ1) is 23.4. The van der Waals surface area contributed by atoms with E-state index in [-0.39, 0.29) is 24.0 Å². The fraction of sp³-hybridized carbons (Fsp3) is 0.154. The Morgan fingerprint density at radius 2 is 1.85 bits per heavy atom. The van der Waals surface area contributed by atoms with E-state index >= 15 is 0 Å². The van der Waals surface area contributed by atoms with Crippen LogP contribution in [0.3, 0.4) is 0 Å². The molecule has 172 valence electrons. The number of para-hydroxylation sites is 2. The third kappa shape index (κ3) is 5.40. The van der Waals surface area contributed by atoms with Gasteiger partial charge in [0.25, 0.3) is 11.5 Å². The SMILES string of the molecule is CC(C)c1nc2ccc(Br)cc2c(=O)n1N=Cc1ccccc1OCC(=O)Nc1ccccc1. The highest BCUT2D eigenvalue weighted by atomic mass is 79.9. The number of benzene rings is 3. The van der Waals surface area contributed by atoms with Crippen molar-refractivity contribution in [2.24, 2.45) is 5.10 Å². The molecule has 0 saturated heterocycles. The summed E-state index contributed by atoms with van der Waals surface area (Å²) in [6.07, 6.45) is 1.54. The molecule has 0 bridgehead atoms. The number of aromatic nitrogens is 2. The van der Waals surface area contributed by atoms with Gasteiger partial charge in [0.15, 0.2) is 6.61 Å². The van der Waals surface area contributed by atoms with E-state index in [9.17, 15) is 9.59 Å². The Hall–Kier alpha value is -3.78. The maximum Gasteiger partial charge on any atom is 0.282 e. The van der Waals surface area contributed by atoms with Gasteiger partial charge in [0.2, 0.25) is 0 Å². The van der Waals surface area contributed by atoms with Crippen molar-refractivity contribution >= 4 is 44.6 Å². The van der Waals surface area contributed by atoms with Crippen molar-refractivity contribution in [1.29, 1.82) is 0 Å². The minimum absolute atomic E-state index is 0.0222. The fourth-order valence-electron chi connectivity index (χ4n) is 3.35.